The lowest BCUT2D eigenvalue weighted by molar-refractivity contribution is -0.770. The van der Waals surface area contributed by atoms with Gasteiger partial charge in [0.05, 0.1) is 7.05 Å². The first kappa shape index (κ1) is 6.75. The molecule has 0 fully saturated rings. The van der Waals surface area contributed by atoms with Crippen LogP contribution in [0.1, 0.15) is 13.3 Å². The molecule has 0 spiro atoms. The van der Waals surface area contributed by atoms with E-state index in [0.29, 0.717) is 0 Å². The van der Waals surface area contributed by atoms with E-state index >= 15 is 0 Å². The number of rotatable bonds is 1. The number of quaternary nitrogens is 1. The first-order valence-electron chi connectivity index (χ1n) is 3.63. The summed E-state index contributed by atoms with van der Waals surface area (Å²) in [5.41, 5.74) is 0. The van der Waals surface area contributed by atoms with Crippen LogP contribution >= 0.6 is 0 Å². The van der Waals surface area contributed by atoms with Crippen molar-refractivity contribution in [3.05, 3.63) is 0 Å². The number of nitrogens with one attached hydrogen (secondary N) is 1. The molecule has 0 aliphatic carbocycles. The predicted molar refractivity (Wildman–Crippen MR) is 38.1 cm³/mol. The quantitative estimate of drug-likeness (QED) is 0.432. The second kappa shape index (κ2) is 2.48. The Balaban J connectivity index is 2.53. The van der Waals surface area contributed by atoms with E-state index in [1.54, 1.807) is 0 Å². The lowest BCUT2D eigenvalue weighted by Gasteiger charge is -1.98. The van der Waals surface area contributed by atoms with Gasteiger partial charge in [-0.25, -0.2) is 0 Å². The Kier molecular flexibility index (Phi) is 1.86. The third-order valence-electron chi connectivity index (χ3n) is 2.03. The fraction of sp³-hybridized carbons (Fsp3) is 0.857. The van der Waals surface area contributed by atoms with Gasteiger partial charge in [-0.3, -0.25) is 4.90 Å². The lowest BCUT2D eigenvalue weighted by atomic mass is 10.2. The molecule has 2 unspecified atom stereocenters. The molecule has 1 aliphatic heterocycles. The SMILES string of the molecule is CCC1C[NH+](C)C=[N+]1C. The van der Waals surface area contributed by atoms with Gasteiger partial charge in [-0.2, -0.15) is 4.58 Å². The molecule has 0 radical (unpaired) electrons. The number of hydrogen-bond acceptors (Lipinski definition) is 0. The molecule has 1 rings (SSSR count). The minimum atomic E-state index is 0.782. The van der Waals surface area contributed by atoms with Crippen LogP contribution in [0.4, 0.5) is 0 Å². The molecule has 0 amide bonds. The van der Waals surface area contributed by atoms with E-state index in [9.17, 15) is 0 Å². The van der Waals surface area contributed by atoms with Gasteiger partial charge in [-0.15, -0.1) is 0 Å². The zero-order valence-corrected chi connectivity index (χ0v) is 6.52. The fourth-order valence-corrected chi connectivity index (χ4v) is 1.45. The Morgan fingerprint density at radius 1 is 1.78 bits per heavy atom. The molecule has 1 aliphatic rings. The first-order valence-corrected chi connectivity index (χ1v) is 3.63. The molecule has 0 saturated carbocycles. The number of hydrogen-bond donors (Lipinski definition) is 1. The van der Waals surface area contributed by atoms with E-state index in [1.165, 1.54) is 17.9 Å². The van der Waals surface area contributed by atoms with Gasteiger partial charge in [0, 0.05) is 6.42 Å². The van der Waals surface area contributed by atoms with Crippen LogP contribution in [0.3, 0.4) is 0 Å². The highest BCUT2D eigenvalue weighted by atomic mass is 15.3. The molecule has 0 saturated heterocycles. The summed E-state index contributed by atoms with van der Waals surface area (Å²) in [6.07, 6.45) is 3.51. The second-order valence-electron chi connectivity index (χ2n) is 2.91. The van der Waals surface area contributed by atoms with Gasteiger partial charge in [-0.1, -0.05) is 6.92 Å². The van der Waals surface area contributed by atoms with Crippen LogP contribution in [0.15, 0.2) is 0 Å². The van der Waals surface area contributed by atoms with E-state index in [0.717, 1.165) is 6.04 Å². The fourth-order valence-electron chi connectivity index (χ4n) is 1.45. The van der Waals surface area contributed by atoms with Gasteiger partial charge in [0.25, 0.3) is 0 Å². The van der Waals surface area contributed by atoms with Crippen LogP contribution < -0.4 is 4.90 Å². The molecular weight excluding hydrogens is 112 g/mol. The summed E-state index contributed by atoms with van der Waals surface area (Å²) in [6, 6.07) is 0.782. The van der Waals surface area contributed by atoms with Crippen molar-refractivity contribution in [1.29, 1.82) is 0 Å². The Hall–Kier alpha value is -0.370. The van der Waals surface area contributed by atoms with Crippen molar-refractivity contribution in [1.82, 2.24) is 0 Å². The normalized spacial score (nSPS) is 34.8. The van der Waals surface area contributed by atoms with Crippen molar-refractivity contribution in [2.75, 3.05) is 20.6 Å². The largest absolute Gasteiger partial charge is 0.325 e. The van der Waals surface area contributed by atoms with Crippen LogP contribution in [0.25, 0.3) is 0 Å². The van der Waals surface area contributed by atoms with E-state index in [-0.39, 0.29) is 0 Å². The van der Waals surface area contributed by atoms with Crippen LogP contribution in [-0.4, -0.2) is 37.6 Å². The summed E-state index contributed by atoms with van der Waals surface area (Å²) in [4.78, 5) is 1.52. The van der Waals surface area contributed by atoms with Crippen molar-refractivity contribution in [3.63, 3.8) is 0 Å². The third-order valence-corrected chi connectivity index (χ3v) is 2.03. The van der Waals surface area contributed by atoms with Gasteiger partial charge in [-0.05, 0) is 0 Å². The Labute approximate surface area is 56.8 Å². The van der Waals surface area contributed by atoms with Gasteiger partial charge in [0.2, 0.25) is 6.04 Å². The van der Waals surface area contributed by atoms with Crippen molar-refractivity contribution < 1.29 is 9.48 Å². The molecule has 0 bridgehead atoms. The first-order chi connectivity index (χ1) is 4.24. The molecule has 2 nitrogen and oxygen atoms in total. The monoisotopic (exact) mass is 128 g/mol. The van der Waals surface area contributed by atoms with Crippen molar-refractivity contribution >= 4 is 6.34 Å². The van der Waals surface area contributed by atoms with E-state index in [2.05, 4.69) is 31.9 Å². The highest BCUT2D eigenvalue weighted by Gasteiger charge is 2.27. The minimum Gasteiger partial charge on any atom is -0.251 e. The van der Waals surface area contributed by atoms with Crippen LogP contribution in [0.2, 0.25) is 0 Å². The predicted octanol–water partition coefficient (Wildman–Crippen LogP) is -1.04. The lowest BCUT2D eigenvalue weighted by Crippen LogP contribution is -3.07. The molecular formula is C7H16N2+2. The van der Waals surface area contributed by atoms with E-state index in [4.69, 9.17) is 0 Å². The maximum absolute atomic E-state index is 2.31. The smallest absolute Gasteiger partial charge is 0.251 e. The molecule has 52 valence electrons. The Morgan fingerprint density at radius 3 is 2.67 bits per heavy atom. The Bertz CT molecular complexity index is 129. The number of likely N-dealkylation sites (N-methyl/N-ethyl adjacent to an activating group) is 2. The van der Waals surface area contributed by atoms with Crippen LogP contribution in [-0.2, 0) is 0 Å². The molecule has 0 aromatic heterocycles. The average Bonchev–Trinajstić information content (AvgIpc) is 2.10. The second-order valence-corrected chi connectivity index (χ2v) is 2.91. The maximum atomic E-state index is 2.31. The van der Waals surface area contributed by atoms with Gasteiger partial charge in [0.15, 0.2) is 0 Å². The number of nitrogens with zero attached hydrogens (tertiary/aromatic N) is 1. The summed E-state index contributed by atoms with van der Waals surface area (Å²) in [5, 5.41) is 0. The molecule has 2 atom stereocenters. The summed E-state index contributed by atoms with van der Waals surface area (Å²) in [6.45, 7) is 3.51. The summed E-state index contributed by atoms with van der Waals surface area (Å²) < 4.78 is 2.31. The van der Waals surface area contributed by atoms with E-state index < -0.39 is 0 Å². The standard InChI is InChI=1S/C7H15N2/c1-4-7-5-8(2)6-9(7)3/h6-7H,4-5H2,1-3H3/q+1/p+1. The Morgan fingerprint density at radius 2 is 2.44 bits per heavy atom. The minimum absolute atomic E-state index is 0.782. The van der Waals surface area contributed by atoms with E-state index in [1.807, 2.05) is 0 Å². The zero-order chi connectivity index (χ0) is 6.85. The molecule has 9 heavy (non-hydrogen) atoms. The summed E-state index contributed by atoms with van der Waals surface area (Å²) >= 11 is 0. The van der Waals surface area contributed by atoms with Crippen molar-refractivity contribution in [3.8, 4) is 0 Å². The molecule has 1 heterocycles. The van der Waals surface area contributed by atoms with Crippen molar-refractivity contribution in [2.45, 2.75) is 19.4 Å². The van der Waals surface area contributed by atoms with Gasteiger partial charge >= 0.3 is 6.34 Å². The topological polar surface area (TPSA) is 7.45 Å². The molecule has 2 heteroatoms. The van der Waals surface area contributed by atoms with Gasteiger partial charge in [0.1, 0.15) is 13.6 Å². The summed E-state index contributed by atoms with van der Waals surface area (Å²) in [7, 11) is 4.36. The molecule has 0 aromatic rings. The van der Waals surface area contributed by atoms with Crippen LogP contribution in [0.5, 0.6) is 0 Å². The summed E-state index contributed by atoms with van der Waals surface area (Å²) in [5.74, 6) is 0. The molecule has 0 aromatic carbocycles. The molecule has 1 N–H and O–H groups in total. The third kappa shape index (κ3) is 1.30. The van der Waals surface area contributed by atoms with Crippen molar-refractivity contribution in [2.24, 2.45) is 0 Å². The highest BCUT2D eigenvalue weighted by molar-refractivity contribution is 5.37. The highest BCUT2D eigenvalue weighted by Crippen LogP contribution is 1.92. The van der Waals surface area contributed by atoms with Crippen LogP contribution in [0, 0.1) is 0 Å². The maximum Gasteiger partial charge on any atom is 0.325 e. The zero-order valence-electron chi connectivity index (χ0n) is 6.52. The average molecular weight is 128 g/mol. The van der Waals surface area contributed by atoms with Gasteiger partial charge < -0.3 is 0 Å².